The molecule has 0 rings (SSSR count). The lowest BCUT2D eigenvalue weighted by molar-refractivity contribution is -0.139. The molecule has 1 atom stereocenters. The highest BCUT2D eigenvalue weighted by Crippen LogP contribution is 2.05. The Bertz CT molecular complexity index is 208. The summed E-state index contributed by atoms with van der Waals surface area (Å²) < 4.78 is 4.36. The zero-order chi connectivity index (χ0) is 11.1. The number of amides is 1. The van der Waals surface area contributed by atoms with E-state index in [9.17, 15) is 9.59 Å². The smallest absolute Gasteiger partial charge is 0.409 e. The van der Waals surface area contributed by atoms with Crippen molar-refractivity contribution in [3.8, 4) is 0 Å². The molecule has 0 aliphatic carbocycles. The molecule has 0 radical (unpaired) electrons. The molecule has 1 unspecified atom stereocenters. The Morgan fingerprint density at radius 1 is 1.50 bits per heavy atom. The van der Waals surface area contributed by atoms with Crippen LogP contribution in [0.25, 0.3) is 0 Å². The predicted octanol–water partition coefficient (Wildman–Crippen LogP) is 1.41. The van der Waals surface area contributed by atoms with Crippen molar-refractivity contribution >= 4 is 23.7 Å². The van der Waals surface area contributed by atoms with E-state index in [1.165, 1.54) is 0 Å². The fraction of sp³-hybridized carbons (Fsp3) is 0.750. The van der Waals surface area contributed by atoms with Gasteiger partial charge in [-0.2, -0.15) is 0 Å². The average molecular weight is 224 g/mol. The van der Waals surface area contributed by atoms with E-state index in [0.717, 1.165) is 0 Å². The van der Waals surface area contributed by atoms with E-state index in [4.69, 9.17) is 16.7 Å². The van der Waals surface area contributed by atoms with Crippen molar-refractivity contribution in [1.82, 2.24) is 5.32 Å². The van der Waals surface area contributed by atoms with Gasteiger partial charge < -0.3 is 15.2 Å². The number of aliphatic carboxylic acids is 1. The number of nitrogens with one attached hydrogen (secondary N) is 1. The molecule has 0 bridgehead atoms. The molecule has 0 aromatic heterocycles. The lowest BCUT2D eigenvalue weighted by atomic mass is 10.0. The van der Waals surface area contributed by atoms with Crippen LogP contribution in [0.4, 0.5) is 4.79 Å². The molecule has 1 amide bonds. The van der Waals surface area contributed by atoms with Crippen LogP contribution >= 0.6 is 11.6 Å². The Hall–Kier alpha value is -0.970. The highest BCUT2D eigenvalue weighted by atomic mass is 35.5. The van der Waals surface area contributed by atoms with E-state index < -0.39 is 18.1 Å². The van der Waals surface area contributed by atoms with Crippen LogP contribution in [0, 0.1) is 5.92 Å². The Kier molecular flexibility index (Phi) is 6.03. The van der Waals surface area contributed by atoms with Crippen molar-refractivity contribution in [1.29, 1.82) is 0 Å². The molecule has 14 heavy (non-hydrogen) atoms. The van der Waals surface area contributed by atoms with E-state index >= 15 is 0 Å². The minimum atomic E-state index is -1.08. The van der Waals surface area contributed by atoms with E-state index in [0.29, 0.717) is 6.42 Å². The van der Waals surface area contributed by atoms with Crippen LogP contribution in [0.15, 0.2) is 0 Å². The van der Waals surface area contributed by atoms with Crippen LogP contribution in [0.3, 0.4) is 0 Å². The summed E-state index contributed by atoms with van der Waals surface area (Å²) in [6, 6.07) is -1.22. The standard InChI is InChI=1S/C8H14ClNO4/c1-5(2)3-6(7(11)12)10-8(13)14-4-9/h5-6H,3-4H2,1-2H3,(H,10,13)(H,11,12). The second-order valence-electron chi connectivity index (χ2n) is 3.21. The van der Waals surface area contributed by atoms with E-state index in [1.54, 1.807) is 0 Å². The number of hydrogen-bond donors (Lipinski definition) is 2. The van der Waals surface area contributed by atoms with Crippen molar-refractivity contribution in [2.75, 3.05) is 6.07 Å². The number of carbonyl (C=O) groups is 2. The van der Waals surface area contributed by atoms with Gasteiger partial charge in [0.1, 0.15) is 6.04 Å². The molecule has 2 N–H and O–H groups in total. The van der Waals surface area contributed by atoms with Gasteiger partial charge in [-0.15, -0.1) is 0 Å². The summed E-state index contributed by atoms with van der Waals surface area (Å²) >= 11 is 5.13. The highest BCUT2D eigenvalue weighted by Gasteiger charge is 2.21. The quantitative estimate of drug-likeness (QED) is 0.691. The first-order valence-electron chi connectivity index (χ1n) is 4.19. The maximum Gasteiger partial charge on any atom is 0.409 e. The number of halogens is 1. The average Bonchev–Trinajstić information content (AvgIpc) is 2.02. The topological polar surface area (TPSA) is 75.6 Å². The van der Waals surface area contributed by atoms with Gasteiger partial charge in [0.2, 0.25) is 0 Å². The first kappa shape index (κ1) is 13.0. The zero-order valence-electron chi connectivity index (χ0n) is 8.12. The number of carboxylic acids is 1. The molecule has 82 valence electrons. The van der Waals surface area contributed by atoms with Crippen molar-refractivity contribution in [2.45, 2.75) is 26.3 Å². The molecule has 0 aliphatic rings. The number of alkyl halides is 1. The van der Waals surface area contributed by atoms with Crippen molar-refractivity contribution in [3.63, 3.8) is 0 Å². The summed E-state index contributed by atoms with van der Waals surface area (Å²) in [6.07, 6.45) is -0.458. The van der Waals surface area contributed by atoms with E-state index in [1.807, 2.05) is 13.8 Å². The Labute approximate surface area is 87.4 Å². The second-order valence-corrected chi connectivity index (χ2v) is 3.42. The van der Waals surface area contributed by atoms with Crippen LogP contribution in [0.1, 0.15) is 20.3 Å². The minimum Gasteiger partial charge on any atom is -0.480 e. The summed E-state index contributed by atoms with van der Waals surface area (Å²) in [5.74, 6) is -0.905. The normalized spacial score (nSPS) is 12.3. The molecule has 5 nitrogen and oxygen atoms in total. The largest absolute Gasteiger partial charge is 0.480 e. The third kappa shape index (κ3) is 5.64. The summed E-state index contributed by atoms with van der Waals surface area (Å²) in [5, 5.41) is 10.9. The third-order valence-corrected chi connectivity index (χ3v) is 1.59. The maximum atomic E-state index is 10.9. The monoisotopic (exact) mass is 223 g/mol. The molecule has 0 heterocycles. The number of ether oxygens (including phenoxy) is 1. The number of rotatable bonds is 5. The summed E-state index contributed by atoms with van der Waals surface area (Å²) in [5.41, 5.74) is 0. The van der Waals surface area contributed by atoms with Gasteiger partial charge >= 0.3 is 12.1 Å². The summed E-state index contributed by atoms with van der Waals surface area (Å²) in [7, 11) is 0. The SMILES string of the molecule is CC(C)CC(NC(=O)OCCl)C(=O)O. The fourth-order valence-electron chi connectivity index (χ4n) is 0.926. The Balaban J connectivity index is 4.09. The lowest BCUT2D eigenvalue weighted by Crippen LogP contribution is -2.41. The van der Waals surface area contributed by atoms with E-state index in [-0.39, 0.29) is 12.0 Å². The first-order valence-corrected chi connectivity index (χ1v) is 4.72. The lowest BCUT2D eigenvalue weighted by Gasteiger charge is -2.15. The fourth-order valence-corrected chi connectivity index (χ4v) is 1.03. The minimum absolute atomic E-state index is 0.174. The molecule has 0 aromatic carbocycles. The molecule has 0 spiro atoms. The molecule has 0 fully saturated rings. The van der Waals surface area contributed by atoms with Crippen LogP contribution in [-0.4, -0.2) is 29.3 Å². The van der Waals surface area contributed by atoms with Crippen LogP contribution in [0.5, 0.6) is 0 Å². The van der Waals surface area contributed by atoms with Crippen LogP contribution in [0.2, 0.25) is 0 Å². The molecular formula is C8H14ClNO4. The molecular weight excluding hydrogens is 210 g/mol. The van der Waals surface area contributed by atoms with Gasteiger partial charge in [0.05, 0.1) is 0 Å². The molecule has 6 heteroatoms. The molecule has 0 aromatic rings. The summed E-state index contributed by atoms with van der Waals surface area (Å²) in [6.45, 7) is 3.73. The number of alkyl carbamates (subject to hydrolysis) is 1. The number of carbonyl (C=O) groups excluding carboxylic acids is 1. The van der Waals surface area contributed by atoms with Crippen LogP contribution in [-0.2, 0) is 9.53 Å². The van der Waals surface area contributed by atoms with Crippen molar-refractivity contribution < 1.29 is 19.4 Å². The van der Waals surface area contributed by atoms with Gasteiger partial charge in [0.25, 0.3) is 0 Å². The summed E-state index contributed by atoms with van der Waals surface area (Å²) in [4.78, 5) is 21.5. The van der Waals surface area contributed by atoms with Gasteiger partial charge in [-0.25, -0.2) is 9.59 Å². The van der Waals surface area contributed by atoms with Gasteiger partial charge in [-0.05, 0) is 12.3 Å². The van der Waals surface area contributed by atoms with Crippen molar-refractivity contribution in [3.05, 3.63) is 0 Å². The highest BCUT2D eigenvalue weighted by molar-refractivity contribution is 6.17. The van der Waals surface area contributed by atoms with Crippen molar-refractivity contribution in [2.24, 2.45) is 5.92 Å². The molecule has 0 saturated heterocycles. The maximum absolute atomic E-state index is 10.9. The number of hydrogen-bond acceptors (Lipinski definition) is 3. The van der Waals surface area contributed by atoms with Gasteiger partial charge in [0, 0.05) is 0 Å². The Morgan fingerprint density at radius 3 is 2.43 bits per heavy atom. The van der Waals surface area contributed by atoms with Gasteiger partial charge in [-0.3, -0.25) is 0 Å². The predicted molar refractivity (Wildman–Crippen MR) is 51.2 cm³/mol. The number of carboxylic acid groups (broad SMARTS) is 1. The third-order valence-electron chi connectivity index (χ3n) is 1.48. The second kappa shape index (κ2) is 6.48. The molecule has 0 saturated carbocycles. The molecule has 0 aliphatic heterocycles. The van der Waals surface area contributed by atoms with E-state index in [2.05, 4.69) is 10.1 Å². The Morgan fingerprint density at radius 2 is 2.07 bits per heavy atom. The van der Waals surface area contributed by atoms with Crippen LogP contribution < -0.4 is 5.32 Å². The zero-order valence-corrected chi connectivity index (χ0v) is 8.87. The first-order chi connectivity index (χ1) is 6.47. The van der Waals surface area contributed by atoms with Gasteiger partial charge in [0.15, 0.2) is 6.07 Å². The van der Waals surface area contributed by atoms with Gasteiger partial charge in [-0.1, -0.05) is 25.4 Å².